The van der Waals surface area contributed by atoms with E-state index in [9.17, 15) is 13.6 Å². The number of aromatic carboxylic acids is 1. The predicted octanol–water partition coefficient (Wildman–Crippen LogP) is 3.27. The summed E-state index contributed by atoms with van der Waals surface area (Å²) in [5.74, 6) is -2.99. The van der Waals surface area contributed by atoms with Crippen molar-refractivity contribution in [2.75, 3.05) is 5.73 Å². The number of hydrogen-bond donors (Lipinski definition) is 2. The molecule has 0 bridgehead atoms. The van der Waals surface area contributed by atoms with Crippen molar-refractivity contribution in [2.24, 2.45) is 0 Å². The van der Waals surface area contributed by atoms with E-state index in [4.69, 9.17) is 22.4 Å². The van der Waals surface area contributed by atoms with E-state index < -0.39 is 34.0 Å². The molecule has 0 saturated carbocycles. The molecule has 0 aliphatic carbocycles. The van der Waals surface area contributed by atoms with Gasteiger partial charge in [-0.3, -0.25) is 0 Å². The molecule has 0 amide bonds. The lowest BCUT2D eigenvalue weighted by Crippen LogP contribution is -2.08. The second kappa shape index (κ2) is 5.05. The first-order valence-corrected chi connectivity index (χ1v) is 5.85. The summed E-state index contributed by atoms with van der Waals surface area (Å²) in [6, 6.07) is 3.90. The highest BCUT2D eigenvalue weighted by atomic mass is 35.5. The van der Waals surface area contributed by atoms with Crippen molar-refractivity contribution in [3.8, 4) is 11.3 Å². The standard InChI is InChI=1S/C13H9ClF2N2O2/c1-5-2-3-6(4-7(5)15)11-9(16)10(17)8(14)12(18-11)13(19)20/h2-4H,1H3,(H2,17,18)(H,19,20). The summed E-state index contributed by atoms with van der Waals surface area (Å²) in [5.41, 5.74) is 4.40. The molecule has 0 aliphatic rings. The molecule has 104 valence electrons. The monoisotopic (exact) mass is 298 g/mol. The number of carboxylic acid groups (broad SMARTS) is 1. The summed E-state index contributed by atoms with van der Waals surface area (Å²) in [5, 5.41) is 8.47. The molecule has 1 heterocycles. The number of halogens is 3. The largest absolute Gasteiger partial charge is 0.476 e. The van der Waals surface area contributed by atoms with E-state index in [0.29, 0.717) is 5.56 Å². The fourth-order valence-electron chi connectivity index (χ4n) is 1.63. The highest BCUT2D eigenvalue weighted by Gasteiger charge is 2.22. The zero-order valence-corrected chi connectivity index (χ0v) is 11.0. The molecular weight excluding hydrogens is 290 g/mol. The van der Waals surface area contributed by atoms with Gasteiger partial charge >= 0.3 is 5.97 Å². The Morgan fingerprint density at radius 1 is 1.40 bits per heavy atom. The average Bonchev–Trinajstić information content (AvgIpc) is 2.39. The van der Waals surface area contributed by atoms with Crippen LogP contribution in [0.4, 0.5) is 14.5 Å². The van der Waals surface area contributed by atoms with Crippen LogP contribution in [0, 0.1) is 18.6 Å². The van der Waals surface area contributed by atoms with Gasteiger partial charge in [-0.1, -0.05) is 23.7 Å². The first-order valence-electron chi connectivity index (χ1n) is 5.47. The molecule has 20 heavy (non-hydrogen) atoms. The Labute approximate surface area is 117 Å². The third-order valence-corrected chi connectivity index (χ3v) is 3.14. The molecule has 0 unspecified atom stereocenters. The Balaban J connectivity index is 2.73. The van der Waals surface area contributed by atoms with E-state index in [1.54, 1.807) is 6.92 Å². The van der Waals surface area contributed by atoms with Crippen LogP contribution < -0.4 is 5.73 Å². The molecule has 0 spiro atoms. The molecule has 0 fully saturated rings. The Morgan fingerprint density at radius 2 is 2.05 bits per heavy atom. The van der Waals surface area contributed by atoms with Crippen LogP contribution in [0.5, 0.6) is 0 Å². The van der Waals surface area contributed by atoms with Crippen LogP contribution in [0.25, 0.3) is 11.3 Å². The van der Waals surface area contributed by atoms with E-state index in [1.807, 2.05) is 0 Å². The zero-order chi connectivity index (χ0) is 15.0. The molecule has 0 saturated heterocycles. The topological polar surface area (TPSA) is 76.2 Å². The van der Waals surface area contributed by atoms with Gasteiger partial charge in [0.2, 0.25) is 0 Å². The lowest BCUT2D eigenvalue weighted by molar-refractivity contribution is 0.0691. The molecule has 4 nitrogen and oxygen atoms in total. The lowest BCUT2D eigenvalue weighted by atomic mass is 10.1. The summed E-state index contributed by atoms with van der Waals surface area (Å²) in [7, 11) is 0. The number of carboxylic acids is 1. The maximum Gasteiger partial charge on any atom is 0.356 e. The second-order valence-electron chi connectivity index (χ2n) is 4.12. The Bertz CT molecular complexity index is 720. The number of nitrogens with two attached hydrogens (primary N) is 1. The fraction of sp³-hybridized carbons (Fsp3) is 0.0769. The van der Waals surface area contributed by atoms with Gasteiger partial charge in [0.25, 0.3) is 0 Å². The zero-order valence-electron chi connectivity index (χ0n) is 10.2. The third kappa shape index (κ3) is 2.30. The highest BCUT2D eigenvalue weighted by molar-refractivity contribution is 6.35. The van der Waals surface area contributed by atoms with Crippen molar-refractivity contribution >= 4 is 23.3 Å². The van der Waals surface area contributed by atoms with Crippen molar-refractivity contribution in [1.82, 2.24) is 4.98 Å². The highest BCUT2D eigenvalue weighted by Crippen LogP contribution is 2.32. The fourth-order valence-corrected chi connectivity index (χ4v) is 1.84. The molecular formula is C13H9ClF2N2O2. The summed E-state index contributed by atoms with van der Waals surface area (Å²) >= 11 is 5.63. The predicted molar refractivity (Wildman–Crippen MR) is 70.7 cm³/mol. The molecule has 1 aromatic carbocycles. The van der Waals surface area contributed by atoms with Crippen molar-refractivity contribution < 1.29 is 18.7 Å². The minimum atomic E-state index is -1.45. The number of aromatic nitrogens is 1. The minimum absolute atomic E-state index is 0.0801. The normalized spacial score (nSPS) is 10.6. The summed E-state index contributed by atoms with van der Waals surface area (Å²) in [6.07, 6.45) is 0. The average molecular weight is 299 g/mol. The first kappa shape index (κ1) is 14.2. The number of rotatable bonds is 2. The van der Waals surface area contributed by atoms with Crippen LogP contribution in [0.2, 0.25) is 5.02 Å². The number of aryl methyl sites for hydroxylation is 1. The number of anilines is 1. The van der Waals surface area contributed by atoms with Gasteiger partial charge < -0.3 is 10.8 Å². The SMILES string of the molecule is Cc1ccc(-c2nc(C(=O)O)c(Cl)c(N)c2F)cc1F. The number of benzene rings is 1. The van der Waals surface area contributed by atoms with Crippen LogP contribution in [0.15, 0.2) is 18.2 Å². The number of nitrogens with zero attached hydrogens (tertiary/aromatic N) is 1. The lowest BCUT2D eigenvalue weighted by Gasteiger charge is -2.10. The van der Waals surface area contributed by atoms with Gasteiger partial charge in [-0.2, -0.15) is 0 Å². The van der Waals surface area contributed by atoms with Crippen LogP contribution >= 0.6 is 11.6 Å². The van der Waals surface area contributed by atoms with E-state index in [1.165, 1.54) is 12.1 Å². The Kier molecular flexibility index (Phi) is 3.59. The molecule has 2 aromatic rings. The van der Waals surface area contributed by atoms with Gasteiger partial charge in [0, 0.05) is 5.56 Å². The van der Waals surface area contributed by atoms with Gasteiger partial charge in [-0.15, -0.1) is 0 Å². The summed E-state index contributed by atoms with van der Waals surface area (Å²) < 4.78 is 27.5. The summed E-state index contributed by atoms with van der Waals surface area (Å²) in [4.78, 5) is 14.6. The number of nitrogen functional groups attached to an aromatic ring is 1. The molecule has 3 N–H and O–H groups in total. The second-order valence-corrected chi connectivity index (χ2v) is 4.50. The van der Waals surface area contributed by atoms with Gasteiger partial charge in [-0.25, -0.2) is 18.6 Å². The van der Waals surface area contributed by atoms with Gasteiger partial charge in [-0.05, 0) is 18.6 Å². The number of pyridine rings is 1. The smallest absolute Gasteiger partial charge is 0.356 e. The van der Waals surface area contributed by atoms with Crippen molar-refractivity contribution in [1.29, 1.82) is 0 Å². The Morgan fingerprint density at radius 3 is 2.60 bits per heavy atom. The van der Waals surface area contributed by atoms with Crippen molar-refractivity contribution in [3.63, 3.8) is 0 Å². The third-order valence-electron chi connectivity index (χ3n) is 2.76. The molecule has 1 aromatic heterocycles. The first-order chi connectivity index (χ1) is 9.32. The van der Waals surface area contributed by atoms with Crippen LogP contribution in [0.1, 0.15) is 16.1 Å². The number of hydrogen-bond acceptors (Lipinski definition) is 3. The molecule has 0 aliphatic heterocycles. The van der Waals surface area contributed by atoms with Gasteiger partial charge in [0.1, 0.15) is 11.5 Å². The molecule has 7 heteroatoms. The van der Waals surface area contributed by atoms with E-state index >= 15 is 0 Å². The van der Waals surface area contributed by atoms with E-state index in [-0.39, 0.29) is 11.3 Å². The van der Waals surface area contributed by atoms with Crippen LogP contribution in [0.3, 0.4) is 0 Å². The quantitative estimate of drug-likeness (QED) is 0.892. The minimum Gasteiger partial charge on any atom is -0.476 e. The van der Waals surface area contributed by atoms with Crippen LogP contribution in [-0.2, 0) is 0 Å². The maximum atomic E-state index is 14.0. The van der Waals surface area contributed by atoms with Crippen molar-refractivity contribution in [2.45, 2.75) is 6.92 Å². The van der Waals surface area contributed by atoms with E-state index in [0.717, 1.165) is 6.07 Å². The molecule has 0 radical (unpaired) electrons. The maximum absolute atomic E-state index is 14.0. The van der Waals surface area contributed by atoms with E-state index in [2.05, 4.69) is 4.98 Å². The summed E-state index contributed by atoms with van der Waals surface area (Å²) in [6.45, 7) is 1.54. The van der Waals surface area contributed by atoms with Crippen LogP contribution in [-0.4, -0.2) is 16.1 Å². The number of carbonyl (C=O) groups is 1. The van der Waals surface area contributed by atoms with Gasteiger partial charge in [0.15, 0.2) is 11.5 Å². The van der Waals surface area contributed by atoms with Crippen molar-refractivity contribution in [3.05, 3.63) is 46.1 Å². The molecule has 2 rings (SSSR count). The van der Waals surface area contributed by atoms with Gasteiger partial charge in [0.05, 0.1) is 10.7 Å². The Hall–Kier alpha value is -2.21. The molecule has 0 atom stereocenters.